The van der Waals surface area contributed by atoms with Crippen molar-refractivity contribution in [2.75, 3.05) is 5.32 Å². The van der Waals surface area contributed by atoms with E-state index in [2.05, 4.69) is 10.4 Å². The molecule has 4 rings (SSSR count). The Balaban J connectivity index is 1.69. The molecule has 4 aromatic rings. The maximum atomic E-state index is 13.8. The monoisotopic (exact) mass is 400 g/mol. The van der Waals surface area contributed by atoms with Gasteiger partial charge in [0, 0.05) is 25.4 Å². The van der Waals surface area contributed by atoms with Crippen LogP contribution in [0.1, 0.15) is 6.42 Å². The minimum Gasteiger partial charge on any atom is -0.323 e. The second kappa shape index (κ2) is 7.08. The number of aryl methyl sites for hydroxylation is 2. The topological polar surface area (TPSA) is 68.9 Å². The number of aromatic nitrogens is 3. The molecule has 0 fully saturated rings. The molecule has 0 unspecified atom stereocenters. The Bertz CT molecular complexity index is 1330. The fourth-order valence-electron chi connectivity index (χ4n) is 3.34. The standard InChI is InChI=1S/C20H15F3N4O2/c1-26-19-12-6-5-11(21)9-16(12)27(20(29)13(19)10-24-26)8-7-17(28)25-15-4-2-3-14(22)18(15)23/h2-6,9-10H,7-8H2,1H3,(H,25,28). The van der Waals surface area contributed by atoms with Gasteiger partial charge in [-0.05, 0) is 30.3 Å². The van der Waals surface area contributed by atoms with Crippen LogP contribution in [0.3, 0.4) is 0 Å². The molecule has 9 heteroatoms. The zero-order valence-electron chi connectivity index (χ0n) is 15.2. The largest absolute Gasteiger partial charge is 0.323 e. The number of anilines is 1. The Morgan fingerprint density at radius 1 is 1.14 bits per heavy atom. The molecular formula is C20H15F3N4O2. The van der Waals surface area contributed by atoms with E-state index in [0.29, 0.717) is 21.8 Å². The van der Waals surface area contributed by atoms with E-state index < -0.39 is 28.9 Å². The number of nitrogens with one attached hydrogen (secondary N) is 1. The summed E-state index contributed by atoms with van der Waals surface area (Å²) in [5.41, 5.74) is 0.167. The van der Waals surface area contributed by atoms with Crippen molar-refractivity contribution in [3.63, 3.8) is 0 Å². The fraction of sp³-hybridized carbons (Fsp3) is 0.150. The number of nitrogens with zero attached hydrogens (tertiary/aromatic N) is 3. The number of rotatable bonds is 4. The Kier molecular flexibility index (Phi) is 4.57. The minimum atomic E-state index is -1.16. The van der Waals surface area contributed by atoms with Gasteiger partial charge in [0.05, 0.1) is 28.3 Å². The molecule has 1 N–H and O–H groups in total. The van der Waals surface area contributed by atoms with Gasteiger partial charge >= 0.3 is 0 Å². The SMILES string of the molecule is Cn1ncc2c(=O)n(CCC(=O)Nc3cccc(F)c3F)c3cc(F)ccc3c21. The molecule has 0 saturated heterocycles. The van der Waals surface area contributed by atoms with Crippen molar-refractivity contribution < 1.29 is 18.0 Å². The van der Waals surface area contributed by atoms with Crippen molar-refractivity contribution in [2.24, 2.45) is 7.05 Å². The van der Waals surface area contributed by atoms with E-state index in [0.717, 1.165) is 6.07 Å². The highest BCUT2D eigenvalue weighted by molar-refractivity contribution is 6.03. The highest BCUT2D eigenvalue weighted by atomic mass is 19.2. The van der Waals surface area contributed by atoms with Crippen LogP contribution in [0.25, 0.3) is 21.8 Å². The molecule has 148 valence electrons. The van der Waals surface area contributed by atoms with Gasteiger partial charge in [0.25, 0.3) is 5.56 Å². The predicted molar refractivity (Wildman–Crippen MR) is 102 cm³/mol. The summed E-state index contributed by atoms with van der Waals surface area (Å²) in [4.78, 5) is 25.1. The van der Waals surface area contributed by atoms with Gasteiger partial charge in [-0.3, -0.25) is 14.3 Å². The molecule has 1 amide bonds. The zero-order chi connectivity index (χ0) is 20.7. The summed E-state index contributed by atoms with van der Waals surface area (Å²) >= 11 is 0. The van der Waals surface area contributed by atoms with Gasteiger partial charge in [0.2, 0.25) is 5.91 Å². The van der Waals surface area contributed by atoms with Gasteiger partial charge in [0.15, 0.2) is 11.6 Å². The molecule has 2 heterocycles. The Morgan fingerprint density at radius 2 is 1.93 bits per heavy atom. The zero-order valence-corrected chi connectivity index (χ0v) is 15.2. The van der Waals surface area contributed by atoms with Gasteiger partial charge in [-0.15, -0.1) is 0 Å². The summed E-state index contributed by atoms with van der Waals surface area (Å²) in [5.74, 6) is -3.39. The Hall–Kier alpha value is -3.62. The van der Waals surface area contributed by atoms with Gasteiger partial charge in [-0.2, -0.15) is 5.10 Å². The molecule has 0 spiro atoms. The number of amides is 1. The van der Waals surface area contributed by atoms with Gasteiger partial charge < -0.3 is 9.88 Å². The first-order valence-electron chi connectivity index (χ1n) is 8.74. The van der Waals surface area contributed by atoms with Crippen LogP contribution < -0.4 is 10.9 Å². The Labute approximate surface area is 162 Å². The third kappa shape index (κ3) is 3.24. The molecule has 0 atom stereocenters. The van der Waals surface area contributed by atoms with Crippen molar-refractivity contribution >= 4 is 33.4 Å². The summed E-state index contributed by atoms with van der Waals surface area (Å²) < 4.78 is 43.7. The molecule has 2 aromatic carbocycles. The van der Waals surface area contributed by atoms with Gasteiger partial charge in [-0.1, -0.05) is 6.07 Å². The van der Waals surface area contributed by atoms with Gasteiger partial charge in [-0.25, -0.2) is 13.2 Å². The fourth-order valence-corrected chi connectivity index (χ4v) is 3.34. The average molecular weight is 400 g/mol. The van der Waals surface area contributed by atoms with Crippen LogP contribution >= 0.6 is 0 Å². The number of hydrogen-bond donors (Lipinski definition) is 1. The smallest absolute Gasteiger partial charge is 0.262 e. The molecule has 2 aromatic heterocycles. The summed E-state index contributed by atoms with van der Waals surface area (Å²) in [6.07, 6.45) is 1.21. The van der Waals surface area contributed by atoms with E-state index in [1.165, 1.54) is 39.7 Å². The number of carbonyl (C=O) groups excluding carboxylic acids is 1. The maximum Gasteiger partial charge on any atom is 0.262 e. The summed E-state index contributed by atoms with van der Waals surface area (Å²) in [5, 5.41) is 7.32. The lowest BCUT2D eigenvalue weighted by atomic mass is 10.1. The molecule has 0 bridgehead atoms. The van der Waals surface area contributed by atoms with E-state index in [1.807, 2.05) is 0 Å². The van der Waals surface area contributed by atoms with Crippen LogP contribution in [0.2, 0.25) is 0 Å². The summed E-state index contributed by atoms with van der Waals surface area (Å²) in [7, 11) is 1.68. The lowest BCUT2D eigenvalue weighted by Gasteiger charge is -2.12. The Morgan fingerprint density at radius 3 is 2.72 bits per heavy atom. The van der Waals surface area contributed by atoms with Crippen LogP contribution in [0, 0.1) is 17.5 Å². The number of carbonyl (C=O) groups is 1. The number of pyridine rings is 1. The molecule has 0 saturated carbocycles. The molecule has 0 radical (unpaired) electrons. The molecule has 0 aliphatic heterocycles. The second-order valence-electron chi connectivity index (χ2n) is 6.55. The van der Waals surface area contributed by atoms with Crippen LogP contribution in [0.15, 0.2) is 47.4 Å². The second-order valence-corrected chi connectivity index (χ2v) is 6.55. The number of fused-ring (bicyclic) bond motifs is 3. The van der Waals surface area contributed by atoms with Crippen molar-refractivity contribution in [2.45, 2.75) is 13.0 Å². The minimum absolute atomic E-state index is 0.0770. The molecule has 6 nitrogen and oxygen atoms in total. The van der Waals surface area contributed by atoms with Crippen LogP contribution in [-0.4, -0.2) is 20.3 Å². The molecule has 0 aliphatic rings. The van der Waals surface area contributed by atoms with E-state index in [4.69, 9.17) is 0 Å². The molecular weight excluding hydrogens is 385 g/mol. The quantitative estimate of drug-likeness (QED) is 0.571. The van der Waals surface area contributed by atoms with Crippen molar-refractivity contribution in [3.05, 3.63) is 70.4 Å². The van der Waals surface area contributed by atoms with Crippen LogP contribution in [0.5, 0.6) is 0 Å². The van der Waals surface area contributed by atoms with Crippen LogP contribution in [0.4, 0.5) is 18.9 Å². The van der Waals surface area contributed by atoms with Crippen molar-refractivity contribution in [1.29, 1.82) is 0 Å². The van der Waals surface area contributed by atoms with Crippen molar-refractivity contribution in [1.82, 2.24) is 14.3 Å². The first-order valence-corrected chi connectivity index (χ1v) is 8.74. The summed E-state index contributed by atoms with van der Waals surface area (Å²) in [6.45, 7) is -0.0770. The van der Waals surface area contributed by atoms with Crippen molar-refractivity contribution in [3.8, 4) is 0 Å². The maximum absolute atomic E-state index is 13.8. The highest BCUT2D eigenvalue weighted by Gasteiger charge is 2.16. The number of hydrogen-bond acceptors (Lipinski definition) is 3. The van der Waals surface area contributed by atoms with E-state index >= 15 is 0 Å². The predicted octanol–water partition coefficient (Wildman–Crippen LogP) is 3.33. The normalized spacial score (nSPS) is 11.3. The van der Waals surface area contributed by atoms with E-state index in [9.17, 15) is 22.8 Å². The first-order chi connectivity index (χ1) is 13.9. The number of halogens is 3. The summed E-state index contributed by atoms with van der Waals surface area (Å²) in [6, 6.07) is 7.48. The molecule has 0 aliphatic carbocycles. The number of benzene rings is 2. The lowest BCUT2D eigenvalue weighted by molar-refractivity contribution is -0.116. The van der Waals surface area contributed by atoms with E-state index in [1.54, 1.807) is 13.1 Å². The average Bonchev–Trinajstić information content (AvgIpc) is 3.07. The van der Waals surface area contributed by atoms with Gasteiger partial charge in [0.1, 0.15) is 5.82 Å². The highest BCUT2D eigenvalue weighted by Crippen LogP contribution is 2.23. The van der Waals surface area contributed by atoms with E-state index in [-0.39, 0.29) is 18.7 Å². The molecule has 29 heavy (non-hydrogen) atoms. The first kappa shape index (κ1) is 18.7. The lowest BCUT2D eigenvalue weighted by Crippen LogP contribution is -2.24. The third-order valence-electron chi connectivity index (χ3n) is 4.71. The van der Waals surface area contributed by atoms with Crippen LogP contribution in [-0.2, 0) is 18.4 Å². The third-order valence-corrected chi connectivity index (χ3v) is 4.71.